The van der Waals surface area contributed by atoms with Gasteiger partial charge in [-0.15, -0.1) is 0 Å². The van der Waals surface area contributed by atoms with Gasteiger partial charge in [-0.05, 0) is 54.4 Å². The van der Waals surface area contributed by atoms with Gasteiger partial charge < -0.3 is 14.6 Å². The molecular weight excluding hydrogens is 330 g/mol. The van der Waals surface area contributed by atoms with Crippen molar-refractivity contribution in [3.8, 4) is 17.1 Å². The number of methoxy groups -OCH3 is 1. The molecule has 6 nitrogen and oxygen atoms in total. The third-order valence-corrected chi connectivity index (χ3v) is 4.51. The standard InChI is InChI=1S/C20H17N3O3/c1-26-14-5-8-18-13(12-14)9-11-23(18)20(25)15-6-7-17(22-19(15)24)16-4-2-3-10-21-16/h2-8,10,12H,9,11H2,1H3,(H,22,24). The number of aromatic amines is 1. The van der Waals surface area contributed by atoms with Crippen LogP contribution in [0, 0.1) is 0 Å². The summed E-state index contributed by atoms with van der Waals surface area (Å²) in [4.78, 5) is 34.0. The van der Waals surface area contributed by atoms with Crippen LogP contribution in [-0.4, -0.2) is 29.5 Å². The zero-order chi connectivity index (χ0) is 18.1. The number of amides is 1. The summed E-state index contributed by atoms with van der Waals surface area (Å²) < 4.78 is 5.23. The van der Waals surface area contributed by atoms with E-state index in [-0.39, 0.29) is 11.5 Å². The van der Waals surface area contributed by atoms with Gasteiger partial charge in [-0.2, -0.15) is 0 Å². The topological polar surface area (TPSA) is 75.3 Å². The normalized spacial score (nSPS) is 12.7. The molecule has 1 aliphatic rings. The molecule has 130 valence electrons. The maximum atomic E-state index is 12.9. The highest BCUT2D eigenvalue weighted by molar-refractivity contribution is 6.07. The van der Waals surface area contributed by atoms with Crippen LogP contribution < -0.4 is 15.2 Å². The van der Waals surface area contributed by atoms with E-state index in [1.165, 1.54) is 0 Å². The number of nitrogens with zero attached hydrogens (tertiary/aromatic N) is 2. The predicted octanol–water partition coefficient (Wildman–Crippen LogP) is 2.65. The molecule has 0 radical (unpaired) electrons. The molecule has 4 rings (SSSR count). The van der Waals surface area contributed by atoms with Gasteiger partial charge in [0.2, 0.25) is 0 Å². The minimum atomic E-state index is -0.417. The molecule has 26 heavy (non-hydrogen) atoms. The van der Waals surface area contributed by atoms with E-state index in [9.17, 15) is 9.59 Å². The zero-order valence-electron chi connectivity index (χ0n) is 14.2. The van der Waals surface area contributed by atoms with Crippen molar-refractivity contribution in [3.05, 3.63) is 76.2 Å². The van der Waals surface area contributed by atoms with E-state index in [2.05, 4.69) is 9.97 Å². The number of rotatable bonds is 3. The molecule has 1 amide bonds. The Labute approximate surface area is 150 Å². The Kier molecular flexibility index (Phi) is 4.01. The van der Waals surface area contributed by atoms with Crippen LogP contribution in [0.15, 0.2) is 59.5 Å². The van der Waals surface area contributed by atoms with Gasteiger partial charge in [0.1, 0.15) is 11.3 Å². The number of benzene rings is 1. The lowest BCUT2D eigenvalue weighted by molar-refractivity contribution is 0.0988. The van der Waals surface area contributed by atoms with Crippen molar-refractivity contribution in [2.75, 3.05) is 18.6 Å². The van der Waals surface area contributed by atoms with Crippen LogP contribution >= 0.6 is 0 Å². The largest absolute Gasteiger partial charge is 0.497 e. The molecule has 3 aromatic rings. The number of hydrogen-bond donors (Lipinski definition) is 1. The molecule has 0 saturated carbocycles. The van der Waals surface area contributed by atoms with E-state index in [0.717, 1.165) is 23.4 Å². The molecular formula is C20H17N3O3. The summed E-state index contributed by atoms with van der Waals surface area (Å²) in [5.41, 5.74) is 2.80. The number of anilines is 1. The Hall–Kier alpha value is -3.41. The van der Waals surface area contributed by atoms with Crippen molar-refractivity contribution in [2.24, 2.45) is 0 Å². The SMILES string of the molecule is COc1ccc2c(c1)CCN2C(=O)c1ccc(-c2ccccn2)[nH]c1=O. The van der Waals surface area contributed by atoms with Crippen LogP contribution in [0.25, 0.3) is 11.4 Å². The third-order valence-electron chi connectivity index (χ3n) is 4.51. The molecule has 0 unspecified atom stereocenters. The van der Waals surface area contributed by atoms with E-state index in [1.54, 1.807) is 42.5 Å². The molecule has 2 aromatic heterocycles. The lowest BCUT2D eigenvalue weighted by Gasteiger charge is -2.17. The summed E-state index contributed by atoms with van der Waals surface area (Å²) in [6.07, 6.45) is 2.39. The van der Waals surface area contributed by atoms with E-state index in [4.69, 9.17) is 4.74 Å². The lowest BCUT2D eigenvalue weighted by Crippen LogP contribution is -2.33. The number of H-pyrrole nitrogens is 1. The van der Waals surface area contributed by atoms with Gasteiger partial charge in [-0.25, -0.2) is 0 Å². The predicted molar refractivity (Wildman–Crippen MR) is 98.7 cm³/mol. The Balaban J connectivity index is 1.65. The monoisotopic (exact) mass is 347 g/mol. The van der Waals surface area contributed by atoms with E-state index < -0.39 is 5.56 Å². The number of carbonyl (C=O) groups excluding carboxylic acids is 1. The molecule has 0 atom stereocenters. The van der Waals surface area contributed by atoms with Crippen LogP contribution in [0.1, 0.15) is 15.9 Å². The molecule has 0 spiro atoms. The summed E-state index contributed by atoms with van der Waals surface area (Å²) in [7, 11) is 1.61. The molecule has 0 fully saturated rings. The van der Waals surface area contributed by atoms with Crippen molar-refractivity contribution in [1.29, 1.82) is 0 Å². The molecule has 6 heteroatoms. The molecule has 0 aliphatic carbocycles. The van der Waals surface area contributed by atoms with Gasteiger partial charge in [0.25, 0.3) is 11.5 Å². The molecule has 0 saturated heterocycles. The smallest absolute Gasteiger partial charge is 0.263 e. The highest BCUT2D eigenvalue weighted by atomic mass is 16.5. The van der Waals surface area contributed by atoms with Crippen LogP contribution in [0.5, 0.6) is 5.75 Å². The fraction of sp³-hybridized carbons (Fsp3) is 0.150. The number of carbonyl (C=O) groups is 1. The van der Waals surface area contributed by atoms with Crippen LogP contribution in [0.2, 0.25) is 0 Å². The van der Waals surface area contributed by atoms with Gasteiger partial charge in [0.15, 0.2) is 0 Å². The average Bonchev–Trinajstić information content (AvgIpc) is 3.11. The first-order chi connectivity index (χ1) is 12.7. The number of ether oxygens (including phenoxy) is 1. The van der Waals surface area contributed by atoms with Gasteiger partial charge in [-0.3, -0.25) is 14.6 Å². The summed E-state index contributed by atoms with van der Waals surface area (Å²) in [5.74, 6) is 0.457. The van der Waals surface area contributed by atoms with Crippen molar-refractivity contribution in [3.63, 3.8) is 0 Å². The Morgan fingerprint density at radius 3 is 2.81 bits per heavy atom. The van der Waals surface area contributed by atoms with Gasteiger partial charge in [-0.1, -0.05) is 6.07 Å². The van der Waals surface area contributed by atoms with E-state index in [1.807, 2.05) is 24.3 Å². The lowest BCUT2D eigenvalue weighted by atomic mass is 10.1. The minimum Gasteiger partial charge on any atom is -0.497 e. The van der Waals surface area contributed by atoms with Gasteiger partial charge >= 0.3 is 0 Å². The molecule has 1 N–H and O–H groups in total. The average molecular weight is 347 g/mol. The fourth-order valence-corrected chi connectivity index (χ4v) is 3.18. The van der Waals surface area contributed by atoms with E-state index in [0.29, 0.717) is 17.9 Å². The van der Waals surface area contributed by atoms with Crippen LogP contribution in [0.4, 0.5) is 5.69 Å². The molecule has 1 aliphatic heterocycles. The second-order valence-corrected chi connectivity index (χ2v) is 6.03. The summed E-state index contributed by atoms with van der Waals surface area (Å²) in [6.45, 7) is 0.544. The van der Waals surface area contributed by atoms with Crippen molar-refractivity contribution < 1.29 is 9.53 Å². The maximum absolute atomic E-state index is 12.9. The van der Waals surface area contributed by atoms with Crippen LogP contribution in [-0.2, 0) is 6.42 Å². The first kappa shape index (κ1) is 16.1. The molecule has 0 bridgehead atoms. The Morgan fingerprint density at radius 2 is 2.08 bits per heavy atom. The fourth-order valence-electron chi connectivity index (χ4n) is 3.18. The second-order valence-electron chi connectivity index (χ2n) is 6.03. The Bertz CT molecular complexity index is 1030. The van der Waals surface area contributed by atoms with E-state index >= 15 is 0 Å². The highest BCUT2D eigenvalue weighted by Gasteiger charge is 2.27. The maximum Gasteiger partial charge on any atom is 0.263 e. The van der Waals surface area contributed by atoms with Crippen molar-refractivity contribution in [2.45, 2.75) is 6.42 Å². The summed E-state index contributed by atoms with van der Waals surface area (Å²) in [5, 5.41) is 0. The number of aromatic nitrogens is 2. The zero-order valence-corrected chi connectivity index (χ0v) is 14.2. The number of nitrogens with one attached hydrogen (secondary N) is 1. The second kappa shape index (κ2) is 6.48. The van der Waals surface area contributed by atoms with Crippen LogP contribution in [0.3, 0.4) is 0 Å². The third kappa shape index (κ3) is 2.75. The van der Waals surface area contributed by atoms with Gasteiger partial charge in [0.05, 0.1) is 18.5 Å². The minimum absolute atomic E-state index is 0.119. The summed E-state index contributed by atoms with van der Waals surface area (Å²) >= 11 is 0. The highest BCUT2D eigenvalue weighted by Crippen LogP contribution is 2.32. The number of hydrogen-bond acceptors (Lipinski definition) is 4. The summed E-state index contributed by atoms with van der Waals surface area (Å²) in [6, 6.07) is 14.3. The number of pyridine rings is 2. The van der Waals surface area contributed by atoms with Crippen molar-refractivity contribution >= 4 is 11.6 Å². The first-order valence-electron chi connectivity index (χ1n) is 8.31. The Morgan fingerprint density at radius 1 is 1.19 bits per heavy atom. The molecule has 3 heterocycles. The van der Waals surface area contributed by atoms with Gasteiger partial charge in [0, 0.05) is 18.4 Å². The van der Waals surface area contributed by atoms with Crippen molar-refractivity contribution in [1.82, 2.24) is 9.97 Å². The first-order valence-corrected chi connectivity index (χ1v) is 8.31. The number of fused-ring (bicyclic) bond motifs is 1. The molecule has 1 aromatic carbocycles. The quantitative estimate of drug-likeness (QED) is 0.790.